The molecule has 1 heterocycles. The van der Waals surface area contributed by atoms with Gasteiger partial charge in [-0.25, -0.2) is 0 Å². The van der Waals surface area contributed by atoms with Crippen molar-refractivity contribution in [2.45, 2.75) is 19.9 Å². The SMILES string of the molecule is CC(C)=c1cccc2c1=C1[C]c3ccccc3C1N2C. The van der Waals surface area contributed by atoms with E-state index in [0.717, 1.165) is 0 Å². The van der Waals surface area contributed by atoms with E-state index in [0.29, 0.717) is 6.04 Å². The lowest BCUT2D eigenvalue weighted by Crippen LogP contribution is -2.28. The maximum atomic E-state index is 3.64. The Kier molecular flexibility index (Phi) is 2.35. The fourth-order valence-electron chi connectivity index (χ4n) is 3.49. The number of hydrogen-bond acceptors (Lipinski definition) is 1. The van der Waals surface area contributed by atoms with E-state index < -0.39 is 0 Å². The molecule has 98 valence electrons. The minimum Gasteiger partial charge on any atom is -0.363 e. The topological polar surface area (TPSA) is 3.24 Å². The third-order valence-corrected chi connectivity index (χ3v) is 4.42. The van der Waals surface area contributed by atoms with Gasteiger partial charge in [0.25, 0.3) is 0 Å². The van der Waals surface area contributed by atoms with Gasteiger partial charge >= 0.3 is 0 Å². The quantitative estimate of drug-likeness (QED) is 0.703. The molecule has 1 atom stereocenters. The number of anilines is 1. The van der Waals surface area contributed by atoms with Gasteiger partial charge in [-0.1, -0.05) is 42.0 Å². The molecule has 0 N–H and O–H groups in total. The van der Waals surface area contributed by atoms with Crippen LogP contribution in [0.5, 0.6) is 0 Å². The van der Waals surface area contributed by atoms with Crippen molar-refractivity contribution < 1.29 is 0 Å². The van der Waals surface area contributed by atoms with Crippen LogP contribution in [0.25, 0.3) is 11.1 Å². The predicted octanol–water partition coefficient (Wildman–Crippen LogP) is 2.66. The van der Waals surface area contributed by atoms with Crippen molar-refractivity contribution in [3.8, 4) is 0 Å². The molecule has 0 saturated carbocycles. The third-order valence-electron chi connectivity index (χ3n) is 4.42. The first kappa shape index (κ1) is 11.8. The Morgan fingerprint density at radius 2 is 1.85 bits per heavy atom. The van der Waals surface area contributed by atoms with E-state index in [4.69, 9.17) is 0 Å². The average Bonchev–Trinajstić information content (AvgIpc) is 2.96. The molecule has 4 rings (SSSR count). The molecule has 1 unspecified atom stereocenters. The second kappa shape index (κ2) is 3.99. The van der Waals surface area contributed by atoms with Crippen LogP contribution < -0.4 is 15.3 Å². The summed E-state index contributed by atoms with van der Waals surface area (Å²) in [5.74, 6) is 0. The molecule has 20 heavy (non-hydrogen) atoms. The maximum Gasteiger partial charge on any atom is 0.0775 e. The zero-order valence-corrected chi connectivity index (χ0v) is 12.1. The van der Waals surface area contributed by atoms with E-state index in [-0.39, 0.29) is 0 Å². The molecule has 2 aliphatic rings. The van der Waals surface area contributed by atoms with Crippen LogP contribution in [-0.4, -0.2) is 7.05 Å². The first-order valence-corrected chi connectivity index (χ1v) is 7.08. The fraction of sp³-hybridized carbons (Fsp3) is 0.211. The Morgan fingerprint density at radius 1 is 1.05 bits per heavy atom. The van der Waals surface area contributed by atoms with Crippen molar-refractivity contribution in [1.82, 2.24) is 0 Å². The number of nitrogens with zero attached hydrogens (tertiary/aromatic N) is 1. The van der Waals surface area contributed by atoms with Gasteiger partial charge in [-0.3, -0.25) is 0 Å². The van der Waals surface area contributed by atoms with E-state index >= 15 is 0 Å². The third kappa shape index (κ3) is 1.38. The first-order chi connectivity index (χ1) is 9.68. The lowest BCUT2D eigenvalue weighted by molar-refractivity contribution is 0.866. The highest BCUT2D eigenvalue weighted by atomic mass is 15.2. The summed E-state index contributed by atoms with van der Waals surface area (Å²) >= 11 is 0. The van der Waals surface area contributed by atoms with E-state index in [2.05, 4.69) is 74.7 Å². The highest BCUT2D eigenvalue weighted by Gasteiger charge is 2.36. The Morgan fingerprint density at radius 3 is 2.65 bits per heavy atom. The van der Waals surface area contributed by atoms with Crippen LogP contribution in [0.3, 0.4) is 0 Å². The second-order valence-corrected chi connectivity index (χ2v) is 5.84. The Hall–Kier alpha value is -2.02. The summed E-state index contributed by atoms with van der Waals surface area (Å²) in [6.07, 6.45) is 3.64. The molecule has 0 saturated heterocycles. The smallest absolute Gasteiger partial charge is 0.0775 e. The molecule has 1 aliphatic heterocycles. The first-order valence-electron chi connectivity index (χ1n) is 7.08. The molecule has 0 aromatic heterocycles. The van der Waals surface area contributed by atoms with Crippen molar-refractivity contribution in [3.05, 3.63) is 70.4 Å². The monoisotopic (exact) mass is 259 g/mol. The number of fused-ring (bicyclic) bond motifs is 4. The van der Waals surface area contributed by atoms with Gasteiger partial charge in [-0.05, 0) is 41.8 Å². The highest BCUT2D eigenvalue weighted by molar-refractivity contribution is 5.85. The maximum absolute atomic E-state index is 3.64. The molecular weight excluding hydrogens is 242 g/mol. The molecule has 1 nitrogen and oxygen atoms in total. The van der Waals surface area contributed by atoms with Crippen LogP contribution in [0.1, 0.15) is 31.0 Å². The molecule has 0 bridgehead atoms. The van der Waals surface area contributed by atoms with Crippen LogP contribution in [0.4, 0.5) is 5.69 Å². The zero-order chi connectivity index (χ0) is 13.9. The van der Waals surface area contributed by atoms with Crippen molar-refractivity contribution >= 4 is 16.8 Å². The van der Waals surface area contributed by atoms with Gasteiger partial charge in [0.1, 0.15) is 0 Å². The largest absolute Gasteiger partial charge is 0.363 e. The van der Waals surface area contributed by atoms with Crippen LogP contribution in [0.2, 0.25) is 0 Å². The summed E-state index contributed by atoms with van der Waals surface area (Å²) in [6.45, 7) is 4.37. The van der Waals surface area contributed by atoms with Crippen LogP contribution in [0, 0.1) is 6.42 Å². The summed E-state index contributed by atoms with van der Waals surface area (Å²) in [4.78, 5) is 2.38. The Balaban J connectivity index is 2.12. The standard InChI is InChI=1S/C19H17N/c1-12(2)14-9-6-10-17-18(14)16-11-13-7-4-5-8-15(13)19(16)20(17)3/h4-10,19H,1-3H3. The molecule has 1 heteroatoms. The van der Waals surface area contributed by atoms with E-state index in [1.54, 1.807) is 0 Å². The molecular formula is C19H17N. The number of benzene rings is 2. The molecule has 2 aromatic carbocycles. The molecule has 0 fully saturated rings. The van der Waals surface area contributed by atoms with Gasteiger partial charge in [0.15, 0.2) is 0 Å². The summed E-state index contributed by atoms with van der Waals surface area (Å²) < 4.78 is 0. The predicted molar refractivity (Wildman–Crippen MR) is 83.8 cm³/mol. The average molecular weight is 259 g/mol. The van der Waals surface area contributed by atoms with Gasteiger partial charge in [0, 0.05) is 24.4 Å². The number of rotatable bonds is 0. The van der Waals surface area contributed by atoms with Crippen molar-refractivity contribution in [2.75, 3.05) is 11.9 Å². The van der Waals surface area contributed by atoms with Crippen molar-refractivity contribution in [3.63, 3.8) is 0 Å². The van der Waals surface area contributed by atoms with E-state index in [1.807, 2.05) is 0 Å². The molecule has 0 spiro atoms. The van der Waals surface area contributed by atoms with Gasteiger partial charge in [0.05, 0.1) is 6.04 Å². The Labute approximate surface area is 119 Å². The number of hydrogen-bond donors (Lipinski definition) is 0. The van der Waals surface area contributed by atoms with E-state index in [9.17, 15) is 0 Å². The summed E-state index contributed by atoms with van der Waals surface area (Å²) in [7, 11) is 2.19. The highest BCUT2D eigenvalue weighted by Crippen LogP contribution is 2.45. The minimum atomic E-state index is 0.335. The Bertz CT molecular complexity index is 825. The lowest BCUT2D eigenvalue weighted by Gasteiger charge is -2.23. The molecule has 1 aliphatic carbocycles. The zero-order valence-electron chi connectivity index (χ0n) is 12.1. The summed E-state index contributed by atoms with van der Waals surface area (Å²) in [5, 5.41) is 2.73. The summed E-state index contributed by atoms with van der Waals surface area (Å²) in [6, 6.07) is 15.5. The van der Waals surface area contributed by atoms with Crippen LogP contribution >= 0.6 is 0 Å². The molecule has 2 radical (unpaired) electrons. The van der Waals surface area contributed by atoms with Crippen molar-refractivity contribution in [1.29, 1.82) is 0 Å². The fourth-order valence-corrected chi connectivity index (χ4v) is 3.49. The minimum absolute atomic E-state index is 0.335. The lowest BCUT2D eigenvalue weighted by atomic mass is 10.1. The van der Waals surface area contributed by atoms with Gasteiger partial charge in [-0.15, -0.1) is 0 Å². The molecule has 0 amide bonds. The van der Waals surface area contributed by atoms with Gasteiger partial charge in [0.2, 0.25) is 0 Å². The second-order valence-electron chi connectivity index (χ2n) is 5.84. The molecule has 2 aromatic rings. The summed E-state index contributed by atoms with van der Waals surface area (Å²) in [5.41, 5.74) is 6.64. The van der Waals surface area contributed by atoms with Crippen molar-refractivity contribution in [2.24, 2.45) is 0 Å². The van der Waals surface area contributed by atoms with Crippen LogP contribution in [-0.2, 0) is 0 Å². The van der Waals surface area contributed by atoms with Gasteiger partial charge < -0.3 is 4.90 Å². The van der Waals surface area contributed by atoms with Gasteiger partial charge in [-0.2, -0.15) is 0 Å². The normalized spacial score (nSPS) is 18.9. The van der Waals surface area contributed by atoms with Crippen LogP contribution in [0.15, 0.2) is 42.5 Å². The van der Waals surface area contributed by atoms with E-state index in [1.165, 1.54) is 38.4 Å².